The van der Waals surface area contributed by atoms with Crippen LogP contribution in [0.4, 0.5) is 5.69 Å². The lowest BCUT2D eigenvalue weighted by atomic mass is 9.94. The number of likely N-dealkylation sites (tertiary alicyclic amines) is 1. The largest absolute Gasteiger partial charge is 0.497 e. The molecule has 0 atom stereocenters. The van der Waals surface area contributed by atoms with E-state index in [2.05, 4.69) is 0 Å². The summed E-state index contributed by atoms with van der Waals surface area (Å²) < 4.78 is 10.5. The monoisotopic (exact) mass is 410 g/mol. The zero-order chi connectivity index (χ0) is 21.7. The van der Waals surface area contributed by atoms with Crippen LogP contribution in [0.1, 0.15) is 37.0 Å². The highest BCUT2D eigenvalue weighted by Gasteiger charge is 2.32. The second kappa shape index (κ2) is 9.65. The summed E-state index contributed by atoms with van der Waals surface area (Å²) in [5.74, 6) is 1.14. The van der Waals surface area contributed by atoms with E-state index in [9.17, 15) is 9.59 Å². The van der Waals surface area contributed by atoms with Gasteiger partial charge in [0.25, 0.3) is 5.91 Å². The Morgan fingerprint density at radius 1 is 0.967 bits per heavy atom. The van der Waals surface area contributed by atoms with Crippen molar-refractivity contribution >= 4 is 17.5 Å². The number of nitrogens with zero attached hydrogens (tertiary/aromatic N) is 2. The topological polar surface area (TPSA) is 59.1 Å². The molecule has 0 saturated carbocycles. The summed E-state index contributed by atoms with van der Waals surface area (Å²) in [6.07, 6.45) is 1.31. The maximum atomic E-state index is 13.2. The smallest absolute Gasteiger partial charge is 0.254 e. The van der Waals surface area contributed by atoms with Gasteiger partial charge in [-0.15, -0.1) is 0 Å². The predicted molar refractivity (Wildman–Crippen MR) is 117 cm³/mol. The molecule has 160 valence electrons. The third-order valence-corrected chi connectivity index (χ3v) is 5.52. The lowest BCUT2D eigenvalue weighted by Gasteiger charge is -2.36. The molecule has 6 nitrogen and oxygen atoms in total. The SMILES string of the molecule is COc1cc(OC)cc(C(=O)N2CCC(C(=O)N(c3ccccc3)C(C)C)CC2)c1. The fraction of sp³-hybridized carbons (Fsp3) is 0.417. The Morgan fingerprint density at radius 3 is 2.03 bits per heavy atom. The first kappa shape index (κ1) is 21.7. The molecule has 2 aromatic rings. The Labute approximate surface area is 178 Å². The molecule has 1 heterocycles. The molecule has 0 N–H and O–H groups in total. The van der Waals surface area contributed by atoms with Crippen LogP contribution in [0, 0.1) is 5.92 Å². The minimum absolute atomic E-state index is 0.0677. The van der Waals surface area contributed by atoms with E-state index < -0.39 is 0 Å². The van der Waals surface area contributed by atoms with Crippen molar-refractivity contribution in [2.75, 3.05) is 32.2 Å². The van der Waals surface area contributed by atoms with E-state index in [-0.39, 0.29) is 23.8 Å². The quantitative estimate of drug-likeness (QED) is 0.722. The van der Waals surface area contributed by atoms with Crippen molar-refractivity contribution in [3.63, 3.8) is 0 Å². The molecule has 1 saturated heterocycles. The summed E-state index contributed by atoms with van der Waals surface area (Å²) in [6.45, 7) is 5.16. The van der Waals surface area contributed by atoms with Crippen molar-refractivity contribution in [2.45, 2.75) is 32.7 Å². The molecule has 0 unspecified atom stereocenters. The summed E-state index contributed by atoms with van der Waals surface area (Å²) in [7, 11) is 3.13. The molecule has 0 radical (unpaired) electrons. The van der Waals surface area contributed by atoms with Crippen molar-refractivity contribution < 1.29 is 19.1 Å². The molecule has 2 aromatic carbocycles. The zero-order valence-electron chi connectivity index (χ0n) is 18.1. The van der Waals surface area contributed by atoms with Gasteiger partial charge in [-0.3, -0.25) is 9.59 Å². The minimum Gasteiger partial charge on any atom is -0.497 e. The summed E-state index contributed by atoms with van der Waals surface area (Å²) in [5, 5.41) is 0. The number of carbonyl (C=O) groups excluding carboxylic acids is 2. The van der Waals surface area contributed by atoms with E-state index in [1.807, 2.05) is 49.1 Å². The number of hydrogen-bond acceptors (Lipinski definition) is 4. The molecule has 0 aliphatic carbocycles. The molecule has 1 aliphatic rings. The standard InChI is InChI=1S/C24H30N2O4/c1-17(2)26(20-8-6-5-7-9-20)24(28)18-10-12-25(13-11-18)23(27)19-14-21(29-3)16-22(15-19)30-4/h5-9,14-18H,10-13H2,1-4H3. The summed E-state index contributed by atoms with van der Waals surface area (Å²) in [4.78, 5) is 29.9. The maximum Gasteiger partial charge on any atom is 0.254 e. The Balaban J connectivity index is 1.68. The van der Waals surface area contributed by atoms with Crippen LogP contribution >= 0.6 is 0 Å². The number of amides is 2. The number of carbonyl (C=O) groups is 2. The third kappa shape index (κ3) is 4.75. The summed E-state index contributed by atoms with van der Waals surface area (Å²) >= 11 is 0. The van der Waals surface area contributed by atoms with E-state index in [0.29, 0.717) is 43.0 Å². The van der Waals surface area contributed by atoms with Gasteiger partial charge in [0.1, 0.15) is 11.5 Å². The molecule has 1 fully saturated rings. The number of ether oxygens (including phenoxy) is 2. The zero-order valence-corrected chi connectivity index (χ0v) is 18.1. The van der Waals surface area contributed by atoms with E-state index in [0.717, 1.165) is 5.69 Å². The van der Waals surface area contributed by atoms with E-state index in [1.165, 1.54) is 0 Å². The second-order valence-electron chi connectivity index (χ2n) is 7.81. The highest BCUT2D eigenvalue weighted by atomic mass is 16.5. The van der Waals surface area contributed by atoms with Crippen LogP contribution in [-0.4, -0.2) is 50.1 Å². The van der Waals surface area contributed by atoms with Gasteiger partial charge >= 0.3 is 0 Å². The maximum absolute atomic E-state index is 13.2. The molecular weight excluding hydrogens is 380 g/mol. The number of rotatable bonds is 6. The van der Waals surface area contributed by atoms with Gasteiger partial charge in [0, 0.05) is 42.4 Å². The minimum atomic E-state index is -0.0866. The van der Waals surface area contributed by atoms with Gasteiger partial charge < -0.3 is 19.3 Å². The predicted octanol–water partition coefficient (Wildman–Crippen LogP) is 4.00. The van der Waals surface area contributed by atoms with Gasteiger partial charge in [-0.05, 0) is 51.0 Å². The Bertz CT molecular complexity index is 852. The highest BCUT2D eigenvalue weighted by Crippen LogP contribution is 2.28. The second-order valence-corrected chi connectivity index (χ2v) is 7.81. The van der Waals surface area contributed by atoms with Gasteiger partial charge in [0.2, 0.25) is 5.91 Å². The van der Waals surface area contributed by atoms with Crippen LogP contribution in [0.15, 0.2) is 48.5 Å². The molecule has 0 spiro atoms. The van der Waals surface area contributed by atoms with Crippen LogP contribution in [0.25, 0.3) is 0 Å². The number of anilines is 1. The van der Waals surface area contributed by atoms with Crippen molar-refractivity contribution in [1.29, 1.82) is 0 Å². The lowest BCUT2D eigenvalue weighted by molar-refractivity contribution is -0.124. The van der Waals surface area contributed by atoms with Crippen LogP contribution in [0.5, 0.6) is 11.5 Å². The van der Waals surface area contributed by atoms with Gasteiger partial charge in [-0.2, -0.15) is 0 Å². The number of benzene rings is 2. The fourth-order valence-electron chi connectivity index (χ4n) is 3.91. The third-order valence-electron chi connectivity index (χ3n) is 5.52. The first-order valence-electron chi connectivity index (χ1n) is 10.3. The molecule has 0 aromatic heterocycles. The number of methoxy groups -OCH3 is 2. The van der Waals surface area contributed by atoms with Gasteiger partial charge in [-0.25, -0.2) is 0 Å². The van der Waals surface area contributed by atoms with Crippen LogP contribution in [0.3, 0.4) is 0 Å². The van der Waals surface area contributed by atoms with Crippen molar-refractivity contribution in [2.24, 2.45) is 5.92 Å². The van der Waals surface area contributed by atoms with E-state index >= 15 is 0 Å². The van der Waals surface area contributed by atoms with E-state index in [4.69, 9.17) is 9.47 Å². The molecule has 0 bridgehead atoms. The molecule has 3 rings (SSSR count). The average Bonchev–Trinajstić information content (AvgIpc) is 2.78. The summed E-state index contributed by atoms with van der Waals surface area (Å²) in [5.41, 5.74) is 1.45. The number of para-hydroxylation sites is 1. The van der Waals surface area contributed by atoms with Gasteiger partial charge in [0.05, 0.1) is 14.2 Å². The van der Waals surface area contributed by atoms with Crippen molar-refractivity contribution in [3.05, 3.63) is 54.1 Å². The average molecular weight is 411 g/mol. The van der Waals surface area contributed by atoms with Crippen molar-refractivity contribution in [1.82, 2.24) is 4.90 Å². The molecular formula is C24H30N2O4. The summed E-state index contributed by atoms with van der Waals surface area (Å²) in [6, 6.07) is 15.0. The molecule has 6 heteroatoms. The van der Waals surface area contributed by atoms with Gasteiger partial charge in [-0.1, -0.05) is 18.2 Å². The Kier molecular flexibility index (Phi) is 6.98. The van der Waals surface area contributed by atoms with Gasteiger partial charge in [0.15, 0.2) is 0 Å². The van der Waals surface area contributed by atoms with Crippen LogP contribution in [0.2, 0.25) is 0 Å². The normalized spacial score (nSPS) is 14.5. The number of piperidine rings is 1. The first-order valence-corrected chi connectivity index (χ1v) is 10.3. The van der Waals surface area contributed by atoms with Crippen LogP contribution < -0.4 is 14.4 Å². The van der Waals surface area contributed by atoms with Crippen LogP contribution in [-0.2, 0) is 4.79 Å². The number of hydrogen-bond donors (Lipinski definition) is 0. The fourth-order valence-corrected chi connectivity index (χ4v) is 3.91. The molecule has 1 aliphatic heterocycles. The lowest BCUT2D eigenvalue weighted by Crippen LogP contribution is -2.46. The molecule has 30 heavy (non-hydrogen) atoms. The Hall–Kier alpha value is -3.02. The van der Waals surface area contributed by atoms with Crippen molar-refractivity contribution in [3.8, 4) is 11.5 Å². The Morgan fingerprint density at radius 2 is 1.53 bits per heavy atom. The molecule has 2 amide bonds. The highest BCUT2D eigenvalue weighted by molar-refractivity contribution is 5.97. The first-order chi connectivity index (χ1) is 14.4. The van der Waals surface area contributed by atoms with E-state index in [1.54, 1.807) is 37.3 Å².